The Morgan fingerprint density at radius 2 is 2.12 bits per heavy atom. The second-order valence-corrected chi connectivity index (χ2v) is 4.51. The van der Waals surface area contributed by atoms with Gasteiger partial charge in [-0.15, -0.1) is 0 Å². The molecule has 0 aliphatic rings. The van der Waals surface area contributed by atoms with Crippen LogP contribution in [0.25, 0.3) is 0 Å². The van der Waals surface area contributed by atoms with E-state index in [2.05, 4.69) is 26.2 Å². The van der Waals surface area contributed by atoms with Gasteiger partial charge in [-0.25, -0.2) is 0 Å². The zero-order chi connectivity index (χ0) is 11.8. The van der Waals surface area contributed by atoms with E-state index in [-0.39, 0.29) is 11.9 Å². The number of halogens is 1. The molecule has 1 unspecified atom stereocenters. The number of rotatable bonds is 6. The molecule has 1 aromatic rings. The highest BCUT2D eigenvalue weighted by molar-refractivity contribution is 9.09. The first-order valence-corrected chi connectivity index (χ1v) is 6.61. The van der Waals surface area contributed by atoms with Crippen LogP contribution in [0.2, 0.25) is 0 Å². The second kappa shape index (κ2) is 7.39. The van der Waals surface area contributed by atoms with Crippen molar-refractivity contribution in [2.45, 2.75) is 32.2 Å². The summed E-state index contributed by atoms with van der Waals surface area (Å²) in [6.45, 7) is 1.98. The van der Waals surface area contributed by atoms with Crippen molar-refractivity contribution in [3.05, 3.63) is 30.1 Å². The average Bonchev–Trinajstić information content (AvgIpc) is 2.30. The number of pyridine rings is 1. The van der Waals surface area contributed by atoms with Crippen molar-refractivity contribution >= 4 is 21.8 Å². The molecule has 4 heteroatoms. The first-order valence-electron chi connectivity index (χ1n) is 5.49. The standard InChI is InChI=1S/C12H17BrN2O/c1-10(11-5-8-14-9-6-11)15-12(16)4-2-3-7-13/h5-6,8-10H,2-4,7H2,1H3,(H,15,16). The number of unbranched alkanes of at least 4 members (excludes halogenated alkanes) is 1. The van der Waals surface area contributed by atoms with E-state index >= 15 is 0 Å². The van der Waals surface area contributed by atoms with Crippen molar-refractivity contribution in [3.63, 3.8) is 0 Å². The van der Waals surface area contributed by atoms with Crippen molar-refractivity contribution in [2.24, 2.45) is 0 Å². The van der Waals surface area contributed by atoms with Crippen molar-refractivity contribution in [1.82, 2.24) is 10.3 Å². The zero-order valence-electron chi connectivity index (χ0n) is 9.45. The molecule has 1 rings (SSSR count). The average molecular weight is 285 g/mol. The topological polar surface area (TPSA) is 42.0 Å². The Morgan fingerprint density at radius 3 is 2.75 bits per heavy atom. The summed E-state index contributed by atoms with van der Waals surface area (Å²) in [5, 5.41) is 3.93. The third-order valence-corrected chi connectivity index (χ3v) is 2.93. The number of amides is 1. The third-order valence-electron chi connectivity index (χ3n) is 2.37. The summed E-state index contributed by atoms with van der Waals surface area (Å²) in [7, 11) is 0. The molecule has 1 aromatic heterocycles. The normalized spacial score (nSPS) is 12.1. The van der Waals surface area contributed by atoms with Crippen molar-refractivity contribution in [1.29, 1.82) is 0 Å². The first kappa shape index (κ1) is 13.2. The minimum Gasteiger partial charge on any atom is -0.350 e. The molecule has 0 radical (unpaired) electrons. The van der Waals surface area contributed by atoms with E-state index < -0.39 is 0 Å². The highest BCUT2D eigenvalue weighted by Gasteiger charge is 2.08. The number of hydrogen-bond acceptors (Lipinski definition) is 2. The Kier molecular flexibility index (Phi) is 6.08. The zero-order valence-corrected chi connectivity index (χ0v) is 11.0. The van der Waals surface area contributed by atoms with E-state index in [1.54, 1.807) is 12.4 Å². The molecular weight excluding hydrogens is 268 g/mol. The fourth-order valence-corrected chi connectivity index (χ4v) is 1.83. The van der Waals surface area contributed by atoms with Crippen LogP contribution < -0.4 is 5.32 Å². The summed E-state index contributed by atoms with van der Waals surface area (Å²) in [5.74, 6) is 0.116. The van der Waals surface area contributed by atoms with E-state index in [4.69, 9.17) is 0 Å². The maximum absolute atomic E-state index is 11.6. The Labute approximate surface area is 105 Å². The lowest BCUT2D eigenvalue weighted by atomic mass is 10.1. The molecule has 0 bridgehead atoms. The fourth-order valence-electron chi connectivity index (χ4n) is 1.43. The molecule has 0 spiro atoms. The summed E-state index contributed by atoms with van der Waals surface area (Å²) in [6.07, 6.45) is 6.05. The van der Waals surface area contributed by atoms with Gasteiger partial charge in [0.15, 0.2) is 0 Å². The third kappa shape index (κ3) is 4.75. The van der Waals surface area contributed by atoms with Gasteiger partial charge in [0.25, 0.3) is 0 Å². The van der Waals surface area contributed by atoms with Crippen molar-refractivity contribution in [3.8, 4) is 0 Å². The molecule has 0 aliphatic heterocycles. The number of carbonyl (C=O) groups is 1. The van der Waals surface area contributed by atoms with Crippen LogP contribution in [0.5, 0.6) is 0 Å². The van der Waals surface area contributed by atoms with E-state index in [1.165, 1.54) is 0 Å². The van der Waals surface area contributed by atoms with E-state index in [9.17, 15) is 4.79 Å². The molecule has 0 aromatic carbocycles. The van der Waals surface area contributed by atoms with E-state index in [0.717, 1.165) is 23.7 Å². The summed E-state index contributed by atoms with van der Waals surface area (Å²) in [4.78, 5) is 15.5. The Bertz CT molecular complexity index is 316. The lowest BCUT2D eigenvalue weighted by molar-refractivity contribution is -0.121. The SMILES string of the molecule is CC(NC(=O)CCCCBr)c1ccncc1. The number of nitrogens with one attached hydrogen (secondary N) is 1. The smallest absolute Gasteiger partial charge is 0.220 e. The number of nitrogens with zero attached hydrogens (tertiary/aromatic N) is 1. The molecular formula is C12H17BrN2O. The van der Waals surface area contributed by atoms with Gasteiger partial charge in [0.2, 0.25) is 5.91 Å². The molecule has 0 fully saturated rings. The molecule has 0 saturated carbocycles. The molecule has 0 saturated heterocycles. The van der Waals surface area contributed by atoms with Crippen LogP contribution in [0.1, 0.15) is 37.8 Å². The summed E-state index contributed by atoms with van der Waals surface area (Å²) < 4.78 is 0. The van der Waals surface area contributed by atoms with Gasteiger partial charge in [-0.3, -0.25) is 9.78 Å². The molecule has 1 amide bonds. The van der Waals surface area contributed by atoms with Gasteiger partial charge in [-0.05, 0) is 37.5 Å². The number of aromatic nitrogens is 1. The molecule has 1 atom stereocenters. The Balaban J connectivity index is 2.34. The molecule has 1 heterocycles. The van der Waals surface area contributed by atoms with Crippen molar-refractivity contribution < 1.29 is 4.79 Å². The summed E-state index contributed by atoms with van der Waals surface area (Å²) in [5.41, 5.74) is 1.09. The van der Waals surface area contributed by atoms with Crippen molar-refractivity contribution in [2.75, 3.05) is 5.33 Å². The summed E-state index contributed by atoms with van der Waals surface area (Å²) >= 11 is 3.35. The highest BCUT2D eigenvalue weighted by Crippen LogP contribution is 2.10. The van der Waals surface area contributed by atoms with E-state index in [0.29, 0.717) is 6.42 Å². The lowest BCUT2D eigenvalue weighted by Gasteiger charge is -2.13. The van der Waals surface area contributed by atoms with Crippen LogP contribution in [0.4, 0.5) is 0 Å². The predicted molar refractivity (Wildman–Crippen MR) is 68.4 cm³/mol. The largest absolute Gasteiger partial charge is 0.350 e. The maximum Gasteiger partial charge on any atom is 0.220 e. The minimum absolute atomic E-state index is 0.0551. The minimum atomic E-state index is 0.0551. The molecule has 16 heavy (non-hydrogen) atoms. The van der Waals surface area contributed by atoms with Crippen LogP contribution in [0.15, 0.2) is 24.5 Å². The fraction of sp³-hybridized carbons (Fsp3) is 0.500. The van der Waals surface area contributed by atoms with E-state index in [1.807, 2.05) is 19.1 Å². The second-order valence-electron chi connectivity index (χ2n) is 3.72. The van der Waals surface area contributed by atoms with Gasteiger partial charge >= 0.3 is 0 Å². The van der Waals surface area contributed by atoms with Gasteiger partial charge in [-0.2, -0.15) is 0 Å². The van der Waals surface area contributed by atoms with Crippen LogP contribution in [-0.4, -0.2) is 16.2 Å². The molecule has 3 nitrogen and oxygen atoms in total. The molecule has 88 valence electrons. The van der Waals surface area contributed by atoms with Crippen LogP contribution in [0, 0.1) is 0 Å². The van der Waals surface area contributed by atoms with Gasteiger partial charge in [0.05, 0.1) is 6.04 Å². The first-order chi connectivity index (χ1) is 7.74. The van der Waals surface area contributed by atoms with Crippen LogP contribution in [-0.2, 0) is 4.79 Å². The van der Waals surface area contributed by atoms with Crippen LogP contribution in [0.3, 0.4) is 0 Å². The van der Waals surface area contributed by atoms with Gasteiger partial charge in [0.1, 0.15) is 0 Å². The number of alkyl halides is 1. The highest BCUT2D eigenvalue weighted by atomic mass is 79.9. The van der Waals surface area contributed by atoms with Crippen LogP contribution >= 0.6 is 15.9 Å². The quantitative estimate of drug-likeness (QED) is 0.645. The summed E-state index contributed by atoms with van der Waals surface area (Å²) in [6, 6.07) is 3.90. The number of hydrogen-bond donors (Lipinski definition) is 1. The lowest BCUT2D eigenvalue weighted by Crippen LogP contribution is -2.26. The van der Waals surface area contributed by atoms with Gasteiger partial charge in [0, 0.05) is 24.1 Å². The number of carbonyl (C=O) groups excluding carboxylic acids is 1. The predicted octanol–water partition coefficient (Wildman–Crippen LogP) is 2.82. The molecule has 0 aliphatic carbocycles. The Hall–Kier alpha value is -0.900. The Morgan fingerprint density at radius 1 is 1.44 bits per heavy atom. The molecule has 1 N–H and O–H groups in total. The maximum atomic E-state index is 11.6. The van der Waals surface area contributed by atoms with Gasteiger partial charge < -0.3 is 5.32 Å². The monoisotopic (exact) mass is 284 g/mol. The van der Waals surface area contributed by atoms with Gasteiger partial charge in [-0.1, -0.05) is 15.9 Å².